The third-order valence-electron chi connectivity index (χ3n) is 2.50. The third-order valence-corrected chi connectivity index (χ3v) is 2.50. The molecule has 1 fully saturated rings. The van der Waals surface area contributed by atoms with E-state index in [0.717, 1.165) is 12.8 Å². The van der Waals surface area contributed by atoms with Gasteiger partial charge in [-0.2, -0.15) is 0 Å². The van der Waals surface area contributed by atoms with E-state index in [9.17, 15) is 4.79 Å². The lowest BCUT2D eigenvalue weighted by atomic mass is 9.95. The van der Waals surface area contributed by atoms with Crippen molar-refractivity contribution in [3.05, 3.63) is 0 Å². The molecule has 2 atom stereocenters. The summed E-state index contributed by atoms with van der Waals surface area (Å²) in [5.41, 5.74) is 0. The predicted molar refractivity (Wildman–Crippen MR) is 37.2 cm³/mol. The van der Waals surface area contributed by atoms with Crippen molar-refractivity contribution >= 4 is 5.78 Å². The molecule has 0 aliphatic heterocycles. The molecule has 0 heterocycles. The van der Waals surface area contributed by atoms with Crippen LogP contribution in [0.4, 0.5) is 0 Å². The molecule has 0 saturated heterocycles. The van der Waals surface area contributed by atoms with Crippen LogP contribution in [-0.4, -0.2) is 5.78 Å². The lowest BCUT2D eigenvalue weighted by Crippen LogP contribution is -2.08. The first-order valence-corrected chi connectivity index (χ1v) is 3.78. The molecule has 0 aromatic heterocycles. The molecule has 0 aromatic carbocycles. The van der Waals surface area contributed by atoms with Gasteiger partial charge in [0.1, 0.15) is 5.78 Å². The molecule has 0 spiro atoms. The van der Waals surface area contributed by atoms with Crippen LogP contribution in [0.3, 0.4) is 0 Å². The molecule has 0 N–H and O–H groups in total. The lowest BCUT2D eigenvalue weighted by Gasteiger charge is -2.08. The Kier molecular flexibility index (Phi) is 1.89. The van der Waals surface area contributed by atoms with E-state index < -0.39 is 0 Å². The Morgan fingerprint density at radius 3 is 2.56 bits per heavy atom. The van der Waals surface area contributed by atoms with E-state index in [1.54, 1.807) is 0 Å². The Bertz CT molecular complexity index is 118. The number of hydrogen-bond acceptors (Lipinski definition) is 1. The standard InChI is InChI=1S/C8H14O/c1-3-7-4-5-8(9)6(7)2/h6-7H,3-5H2,1-2H3/t6?,7-/m1/s1. The molecule has 1 aliphatic rings. The summed E-state index contributed by atoms with van der Waals surface area (Å²) in [6, 6.07) is 0. The van der Waals surface area contributed by atoms with E-state index in [1.807, 2.05) is 0 Å². The zero-order valence-electron chi connectivity index (χ0n) is 6.18. The molecule has 1 nitrogen and oxygen atoms in total. The minimum Gasteiger partial charge on any atom is -0.299 e. The minimum atomic E-state index is 0.356. The average Bonchev–Trinajstić information content (AvgIpc) is 2.15. The van der Waals surface area contributed by atoms with Crippen molar-refractivity contribution < 1.29 is 4.79 Å². The summed E-state index contributed by atoms with van der Waals surface area (Å²) in [5, 5.41) is 0. The maximum absolute atomic E-state index is 10.9. The van der Waals surface area contributed by atoms with Gasteiger partial charge in [0.05, 0.1) is 0 Å². The van der Waals surface area contributed by atoms with Gasteiger partial charge in [0, 0.05) is 12.3 Å². The van der Waals surface area contributed by atoms with Crippen molar-refractivity contribution in [2.75, 3.05) is 0 Å². The van der Waals surface area contributed by atoms with Crippen molar-refractivity contribution in [1.29, 1.82) is 0 Å². The Balaban J connectivity index is 2.51. The smallest absolute Gasteiger partial charge is 0.135 e. The summed E-state index contributed by atoms with van der Waals surface area (Å²) in [4.78, 5) is 10.9. The Labute approximate surface area is 56.4 Å². The fourth-order valence-electron chi connectivity index (χ4n) is 1.63. The van der Waals surface area contributed by atoms with Crippen LogP contribution in [0.25, 0.3) is 0 Å². The highest BCUT2D eigenvalue weighted by Crippen LogP contribution is 2.30. The van der Waals surface area contributed by atoms with Crippen molar-refractivity contribution in [3.63, 3.8) is 0 Å². The minimum absolute atomic E-state index is 0.356. The van der Waals surface area contributed by atoms with Gasteiger partial charge in [-0.1, -0.05) is 20.3 Å². The van der Waals surface area contributed by atoms with Crippen LogP contribution < -0.4 is 0 Å². The molecule has 0 radical (unpaired) electrons. The highest BCUT2D eigenvalue weighted by atomic mass is 16.1. The molecule has 0 bridgehead atoms. The van der Waals surface area contributed by atoms with Crippen molar-refractivity contribution in [2.24, 2.45) is 11.8 Å². The van der Waals surface area contributed by atoms with Gasteiger partial charge in [0.25, 0.3) is 0 Å². The normalized spacial score (nSPS) is 35.6. The highest BCUT2D eigenvalue weighted by molar-refractivity contribution is 5.82. The lowest BCUT2D eigenvalue weighted by molar-refractivity contribution is -0.120. The second kappa shape index (κ2) is 2.51. The summed E-state index contributed by atoms with van der Waals surface area (Å²) >= 11 is 0. The number of hydrogen-bond donors (Lipinski definition) is 0. The predicted octanol–water partition coefficient (Wildman–Crippen LogP) is 2.01. The quantitative estimate of drug-likeness (QED) is 0.525. The maximum Gasteiger partial charge on any atom is 0.135 e. The molecule has 1 saturated carbocycles. The van der Waals surface area contributed by atoms with Gasteiger partial charge in [-0.15, -0.1) is 0 Å². The van der Waals surface area contributed by atoms with E-state index in [2.05, 4.69) is 13.8 Å². The van der Waals surface area contributed by atoms with Crippen molar-refractivity contribution in [3.8, 4) is 0 Å². The van der Waals surface area contributed by atoms with Crippen LogP contribution in [0.5, 0.6) is 0 Å². The van der Waals surface area contributed by atoms with E-state index in [0.29, 0.717) is 17.6 Å². The topological polar surface area (TPSA) is 17.1 Å². The first-order chi connectivity index (χ1) is 4.25. The fraction of sp³-hybridized carbons (Fsp3) is 0.875. The van der Waals surface area contributed by atoms with Crippen molar-refractivity contribution in [1.82, 2.24) is 0 Å². The largest absolute Gasteiger partial charge is 0.299 e. The van der Waals surface area contributed by atoms with Gasteiger partial charge in [-0.3, -0.25) is 4.79 Å². The number of Topliss-reactive ketones (excluding diaryl/α,β-unsaturated/α-hetero) is 1. The average molecular weight is 126 g/mol. The number of carbonyl (C=O) groups excluding carboxylic acids is 1. The fourth-order valence-corrected chi connectivity index (χ4v) is 1.63. The summed E-state index contributed by atoms with van der Waals surface area (Å²) < 4.78 is 0. The first kappa shape index (κ1) is 6.79. The van der Waals surface area contributed by atoms with Gasteiger partial charge in [-0.25, -0.2) is 0 Å². The van der Waals surface area contributed by atoms with Crippen LogP contribution in [0, 0.1) is 11.8 Å². The van der Waals surface area contributed by atoms with Gasteiger partial charge in [0.2, 0.25) is 0 Å². The number of carbonyl (C=O) groups is 1. The molecule has 0 amide bonds. The number of rotatable bonds is 1. The van der Waals surface area contributed by atoms with Crippen LogP contribution in [0.15, 0.2) is 0 Å². The van der Waals surface area contributed by atoms with Crippen LogP contribution in [0.2, 0.25) is 0 Å². The zero-order chi connectivity index (χ0) is 6.85. The second-order valence-corrected chi connectivity index (χ2v) is 2.96. The zero-order valence-corrected chi connectivity index (χ0v) is 6.18. The molecule has 1 heteroatoms. The molecule has 52 valence electrons. The number of ketones is 1. The Morgan fingerprint density at radius 2 is 2.33 bits per heavy atom. The van der Waals surface area contributed by atoms with Crippen LogP contribution in [0.1, 0.15) is 33.1 Å². The molecule has 1 aliphatic carbocycles. The maximum atomic E-state index is 10.9. The van der Waals surface area contributed by atoms with Gasteiger partial charge >= 0.3 is 0 Å². The van der Waals surface area contributed by atoms with Crippen LogP contribution >= 0.6 is 0 Å². The summed E-state index contributed by atoms with van der Waals surface area (Å²) in [6.45, 7) is 4.23. The van der Waals surface area contributed by atoms with E-state index in [-0.39, 0.29) is 0 Å². The Morgan fingerprint density at radius 1 is 1.67 bits per heavy atom. The Hall–Kier alpha value is -0.330. The molecule has 1 rings (SSSR count). The van der Waals surface area contributed by atoms with E-state index in [1.165, 1.54) is 6.42 Å². The molecule has 1 unspecified atom stereocenters. The molecular weight excluding hydrogens is 112 g/mol. The SMILES string of the molecule is CC[C@@H]1CCC(=O)C1C. The van der Waals surface area contributed by atoms with Crippen molar-refractivity contribution in [2.45, 2.75) is 33.1 Å². The van der Waals surface area contributed by atoms with E-state index >= 15 is 0 Å². The monoisotopic (exact) mass is 126 g/mol. The highest BCUT2D eigenvalue weighted by Gasteiger charge is 2.28. The van der Waals surface area contributed by atoms with Gasteiger partial charge < -0.3 is 0 Å². The van der Waals surface area contributed by atoms with Gasteiger partial charge in [0.15, 0.2) is 0 Å². The second-order valence-electron chi connectivity index (χ2n) is 2.96. The van der Waals surface area contributed by atoms with Gasteiger partial charge in [-0.05, 0) is 12.3 Å². The summed E-state index contributed by atoms with van der Waals surface area (Å²) in [5.74, 6) is 1.52. The molecular formula is C8H14O. The molecule has 9 heavy (non-hydrogen) atoms. The first-order valence-electron chi connectivity index (χ1n) is 3.78. The summed E-state index contributed by atoms with van der Waals surface area (Å²) in [6.07, 6.45) is 3.14. The third kappa shape index (κ3) is 1.15. The van der Waals surface area contributed by atoms with E-state index in [4.69, 9.17) is 0 Å². The van der Waals surface area contributed by atoms with Crippen LogP contribution in [-0.2, 0) is 4.79 Å². The molecule has 0 aromatic rings. The summed E-state index contributed by atoms with van der Waals surface area (Å²) in [7, 11) is 0.